The fourth-order valence-electron chi connectivity index (χ4n) is 2.94. The lowest BCUT2D eigenvalue weighted by molar-refractivity contribution is -0.139. The number of esters is 1. The van der Waals surface area contributed by atoms with Crippen LogP contribution in [-0.2, 0) is 9.53 Å². The molecule has 0 amide bonds. The van der Waals surface area contributed by atoms with Crippen molar-refractivity contribution in [3.8, 4) is 0 Å². The van der Waals surface area contributed by atoms with Gasteiger partial charge in [-0.2, -0.15) is 0 Å². The van der Waals surface area contributed by atoms with Crippen molar-refractivity contribution in [3.05, 3.63) is 12.2 Å². The maximum absolute atomic E-state index is 11.2. The first kappa shape index (κ1) is 29.3. The van der Waals surface area contributed by atoms with Crippen LogP contribution in [0.15, 0.2) is 12.2 Å². The largest absolute Gasteiger partial charge is 0.462 e. The normalized spacial score (nSPS) is 10.3. The van der Waals surface area contributed by atoms with Gasteiger partial charge in [-0.25, -0.2) is 4.79 Å². The van der Waals surface area contributed by atoms with E-state index in [1.165, 1.54) is 96.3 Å². The fraction of sp³-hybridized carbons (Fsp3) is 0.875. The van der Waals surface area contributed by atoms with Crippen LogP contribution in [0.5, 0.6) is 0 Å². The molecule has 0 saturated carbocycles. The van der Waals surface area contributed by atoms with Gasteiger partial charge in [0.1, 0.15) is 0 Å². The Morgan fingerprint density at radius 1 is 0.679 bits per heavy atom. The highest BCUT2D eigenvalue weighted by Crippen LogP contribution is 2.13. The van der Waals surface area contributed by atoms with E-state index in [1.54, 1.807) is 6.92 Å². The summed E-state index contributed by atoms with van der Waals surface area (Å²) in [6.45, 7) is 7.84. The van der Waals surface area contributed by atoms with Crippen LogP contribution in [0.1, 0.15) is 117 Å². The molecule has 0 unspecified atom stereocenters. The minimum Gasteiger partial charge on any atom is -0.462 e. The summed E-state index contributed by atoms with van der Waals surface area (Å²) < 4.78 is 5.08. The van der Waals surface area contributed by atoms with E-state index in [0.717, 1.165) is 6.42 Å². The molecular weight excluding hydrogens is 352 g/mol. The van der Waals surface area contributed by atoms with Gasteiger partial charge in [-0.1, -0.05) is 110 Å². The zero-order valence-corrected chi connectivity index (χ0v) is 18.9. The van der Waals surface area contributed by atoms with Crippen LogP contribution >= 0.6 is 0 Å². The van der Waals surface area contributed by atoms with Crippen LogP contribution in [0.3, 0.4) is 0 Å². The van der Waals surface area contributed by atoms with Crippen LogP contribution in [0.2, 0.25) is 0 Å². The molecule has 0 aliphatic rings. The molecule has 0 atom stereocenters. The van der Waals surface area contributed by atoms with Crippen LogP contribution < -0.4 is 0 Å². The molecule has 0 radical (unpaired) electrons. The van der Waals surface area contributed by atoms with Crippen molar-refractivity contribution in [2.45, 2.75) is 117 Å². The molecule has 0 aromatic heterocycles. The van der Waals surface area contributed by atoms with Gasteiger partial charge in [0.05, 0.1) is 19.8 Å². The second-order valence-electron chi connectivity index (χ2n) is 7.67. The number of rotatable bonds is 19. The number of ether oxygens (including phenoxy) is 1. The first-order chi connectivity index (χ1) is 13.6. The summed E-state index contributed by atoms with van der Waals surface area (Å²) in [5.41, 5.74) is 0.492. The van der Waals surface area contributed by atoms with Gasteiger partial charge in [0.2, 0.25) is 0 Å². The summed E-state index contributed by atoms with van der Waals surface area (Å²) in [6.07, 6.45) is 21.7. The molecule has 0 aliphatic heterocycles. The van der Waals surface area contributed by atoms with E-state index in [1.807, 2.05) is 0 Å². The van der Waals surface area contributed by atoms with Gasteiger partial charge in [-0.05, 0) is 13.3 Å². The second-order valence-corrected chi connectivity index (χ2v) is 7.67. The number of carbonyl (C=O) groups excluding carboxylic acids is 1. The van der Waals surface area contributed by atoms with Gasteiger partial charge < -0.3 is 14.9 Å². The average molecular weight is 401 g/mol. The van der Waals surface area contributed by atoms with Gasteiger partial charge in [-0.3, -0.25) is 0 Å². The third-order valence-electron chi connectivity index (χ3n) is 4.68. The third kappa shape index (κ3) is 27.3. The van der Waals surface area contributed by atoms with Gasteiger partial charge in [0, 0.05) is 5.57 Å². The number of carbonyl (C=O) groups is 1. The van der Waals surface area contributed by atoms with E-state index in [2.05, 4.69) is 13.5 Å². The third-order valence-corrected chi connectivity index (χ3v) is 4.68. The van der Waals surface area contributed by atoms with Crippen molar-refractivity contribution < 1.29 is 19.7 Å². The van der Waals surface area contributed by atoms with Crippen LogP contribution in [-0.4, -0.2) is 36.0 Å². The Labute approximate surface area is 174 Å². The standard InChI is InChI=1S/C22H42O2.C2H6O2/c1-4-5-6-7-8-9-10-11-12-13-14-15-16-17-18-19-20-24-22(23)21(2)3;3-1-2-4/h2,4-20H2,1,3H3;3-4H,1-2H2. The lowest BCUT2D eigenvalue weighted by Gasteiger charge is -2.05. The molecule has 0 saturated heterocycles. The molecule has 168 valence electrons. The van der Waals surface area contributed by atoms with Crippen molar-refractivity contribution in [1.29, 1.82) is 0 Å². The Kier molecular flexibility index (Phi) is 27.4. The molecular formula is C24H48O4. The van der Waals surface area contributed by atoms with Gasteiger partial charge in [0.15, 0.2) is 0 Å². The summed E-state index contributed by atoms with van der Waals surface area (Å²) >= 11 is 0. The zero-order chi connectivity index (χ0) is 21.3. The predicted molar refractivity (Wildman–Crippen MR) is 119 cm³/mol. The smallest absolute Gasteiger partial charge is 0.333 e. The molecule has 0 bridgehead atoms. The molecule has 28 heavy (non-hydrogen) atoms. The SMILES string of the molecule is C=C(C)C(=O)OCCCCCCCCCCCCCCCCCC.OCCO. The Bertz CT molecular complexity index is 327. The lowest BCUT2D eigenvalue weighted by Crippen LogP contribution is -2.05. The molecule has 0 aliphatic carbocycles. The first-order valence-corrected chi connectivity index (χ1v) is 11.6. The second kappa shape index (κ2) is 26.1. The Morgan fingerprint density at radius 2 is 1.00 bits per heavy atom. The van der Waals surface area contributed by atoms with Crippen molar-refractivity contribution in [1.82, 2.24) is 0 Å². The first-order valence-electron chi connectivity index (χ1n) is 11.6. The zero-order valence-electron chi connectivity index (χ0n) is 18.9. The van der Waals surface area contributed by atoms with Crippen LogP contribution in [0.25, 0.3) is 0 Å². The maximum Gasteiger partial charge on any atom is 0.333 e. The maximum atomic E-state index is 11.2. The Morgan fingerprint density at radius 3 is 1.29 bits per heavy atom. The van der Waals surface area contributed by atoms with E-state index in [9.17, 15) is 4.79 Å². The molecule has 4 nitrogen and oxygen atoms in total. The molecule has 0 heterocycles. The van der Waals surface area contributed by atoms with Crippen molar-refractivity contribution in [3.63, 3.8) is 0 Å². The molecule has 2 N–H and O–H groups in total. The van der Waals surface area contributed by atoms with Gasteiger partial charge in [-0.15, -0.1) is 0 Å². The summed E-state index contributed by atoms with van der Waals surface area (Å²) in [6, 6.07) is 0. The van der Waals surface area contributed by atoms with Crippen molar-refractivity contribution in [2.75, 3.05) is 19.8 Å². The summed E-state index contributed by atoms with van der Waals surface area (Å²) in [7, 11) is 0. The number of hydrogen-bond donors (Lipinski definition) is 2. The van der Waals surface area contributed by atoms with E-state index < -0.39 is 0 Å². The van der Waals surface area contributed by atoms with Crippen LogP contribution in [0, 0.1) is 0 Å². The topological polar surface area (TPSA) is 66.8 Å². The van der Waals surface area contributed by atoms with Gasteiger partial charge in [0.25, 0.3) is 0 Å². The lowest BCUT2D eigenvalue weighted by atomic mass is 10.0. The quantitative estimate of drug-likeness (QED) is 0.151. The molecule has 0 rings (SSSR count). The number of unbranched alkanes of at least 4 members (excludes halogenated alkanes) is 15. The van der Waals surface area contributed by atoms with E-state index >= 15 is 0 Å². The predicted octanol–water partition coefficient (Wildman–Crippen LogP) is 6.34. The van der Waals surface area contributed by atoms with E-state index in [4.69, 9.17) is 14.9 Å². The number of aliphatic hydroxyl groups excluding tert-OH is 2. The minimum atomic E-state index is -0.254. The highest BCUT2D eigenvalue weighted by Gasteiger charge is 2.01. The molecule has 4 heteroatoms. The average Bonchev–Trinajstić information content (AvgIpc) is 2.70. The van der Waals surface area contributed by atoms with Crippen molar-refractivity contribution >= 4 is 5.97 Å². The summed E-state index contributed by atoms with van der Waals surface area (Å²) in [5, 5.41) is 15.2. The molecule has 0 spiro atoms. The Balaban J connectivity index is 0. The summed E-state index contributed by atoms with van der Waals surface area (Å²) in [4.78, 5) is 11.2. The summed E-state index contributed by atoms with van der Waals surface area (Å²) in [5.74, 6) is -0.254. The van der Waals surface area contributed by atoms with Crippen molar-refractivity contribution in [2.24, 2.45) is 0 Å². The number of hydrogen-bond acceptors (Lipinski definition) is 4. The van der Waals surface area contributed by atoms with Gasteiger partial charge >= 0.3 is 5.97 Å². The highest BCUT2D eigenvalue weighted by molar-refractivity contribution is 5.86. The molecule has 0 aromatic rings. The van der Waals surface area contributed by atoms with E-state index in [-0.39, 0.29) is 19.2 Å². The minimum absolute atomic E-state index is 0.125. The number of aliphatic hydroxyl groups is 2. The van der Waals surface area contributed by atoms with E-state index in [0.29, 0.717) is 12.2 Å². The monoisotopic (exact) mass is 400 g/mol. The molecule has 0 fully saturated rings. The highest BCUT2D eigenvalue weighted by atomic mass is 16.5. The van der Waals surface area contributed by atoms with Crippen LogP contribution in [0.4, 0.5) is 0 Å². The molecule has 0 aromatic carbocycles. The fourth-order valence-corrected chi connectivity index (χ4v) is 2.94. The Hall–Kier alpha value is -0.870.